The molecule has 1 unspecified atom stereocenters. The SMILES string of the molecule is CCC(C)Oc1ccc(N)cc1C(=O)OC. The number of ether oxygens (including phenoxy) is 2. The highest BCUT2D eigenvalue weighted by Gasteiger charge is 2.14. The van der Waals surface area contributed by atoms with Gasteiger partial charge in [-0.15, -0.1) is 0 Å². The summed E-state index contributed by atoms with van der Waals surface area (Å²) in [6.45, 7) is 3.96. The molecule has 0 radical (unpaired) electrons. The Bertz CT molecular complexity index is 377. The van der Waals surface area contributed by atoms with Gasteiger partial charge in [-0.1, -0.05) is 6.92 Å². The second-order valence-electron chi connectivity index (χ2n) is 3.58. The first-order valence-electron chi connectivity index (χ1n) is 5.23. The lowest BCUT2D eigenvalue weighted by Gasteiger charge is -2.15. The van der Waals surface area contributed by atoms with Gasteiger partial charge < -0.3 is 15.2 Å². The average Bonchev–Trinajstić information content (AvgIpc) is 2.30. The van der Waals surface area contributed by atoms with Crippen LogP contribution < -0.4 is 10.5 Å². The number of hydrogen-bond donors (Lipinski definition) is 1. The topological polar surface area (TPSA) is 61.5 Å². The Hall–Kier alpha value is -1.71. The van der Waals surface area contributed by atoms with Crippen LogP contribution in [0.2, 0.25) is 0 Å². The molecule has 0 amide bonds. The Morgan fingerprint density at radius 3 is 2.75 bits per heavy atom. The van der Waals surface area contributed by atoms with Crippen molar-refractivity contribution in [2.24, 2.45) is 0 Å². The minimum absolute atomic E-state index is 0.0482. The van der Waals surface area contributed by atoms with Gasteiger partial charge in [-0.3, -0.25) is 0 Å². The van der Waals surface area contributed by atoms with Crippen molar-refractivity contribution in [1.82, 2.24) is 0 Å². The summed E-state index contributed by atoms with van der Waals surface area (Å²) in [5.74, 6) is 0.0704. The number of carbonyl (C=O) groups excluding carboxylic acids is 1. The first kappa shape index (κ1) is 12.4. The first-order chi connectivity index (χ1) is 7.58. The van der Waals surface area contributed by atoms with Gasteiger partial charge in [-0.2, -0.15) is 0 Å². The van der Waals surface area contributed by atoms with Crippen molar-refractivity contribution in [2.75, 3.05) is 12.8 Å². The van der Waals surface area contributed by atoms with Crippen molar-refractivity contribution in [3.63, 3.8) is 0 Å². The van der Waals surface area contributed by atoms with Gasteiger partial charge in [0.1, 0.15) is 11.3 Å². The maximum atomic E-state index is 11.5. The lowest BCUT2D eigenvalue weighted by molar-refractivity contribution is 0.0593. The fraction of sp³-hybridized carbons (Fsp3) is 0.417. The fourth-order valence-electron chi connectivity index (χ4n) is 1.22. The number of benzene rings is 1. The van der Waals surface area contributed by atoms with Gasteiger partial charge in [0, 0.05) is 5.69 Å². The Morgan fingerprint density at radius 2 is 2.19 bits per heavy atom. The maximum Gasteiger partial charge on any atom is 0.341 e. The quantitative estimate of drug-likeness (QED) is 0.628. The van der Waals surface area contributed by atoms with Crippen LogP contribution in [0.5, 0.6) is 5.75 Å². The number of methoxy groups -OCH3 is 1. The van der Waals surface area contributed by atoms with Crippen molar-refractivity contribution in [3.05, 3.63) is 23.8 Å². The minimum Gasteiger partial charge on any atom is -0.490 e. The summed E-state index contributed by atoms with van der Waals surface area (Å²) in [4.78, 5) is 11.5. The highest BCUT2D eigenvalue weighted by molar-refractivity contribution is 5.93. The van der Waals surface area contributed by atoms with Gasteiger partial charge in [0.15, 0.2) is 0 Å². The van der Waals surface area contributed by atoms with E-state index in [9.17, 15) is 4.79 Å². The third kappa shape index (κ3) is 2.89. The number of carbonyl (C=O) groups is 1. The molecule has 0 heterocycles. The molecular weight excluding hydrogens is 206 g/mol. The standard InChI is InChI=1S/C12H17NO3/c1-4-8(2)16-11-6-5-9(13)7-10(11)12(14)15-3/h5-8H,4,13H2,1-3H3. The highest BCUT2D eigenvalue weighted by Crippen LogP contribution is 2.23. The average molecular weight is 223 g/mol. The molecule has 16 heavy (non-hydrogen) atoms. The van der Waals surface area contributed by atoms with E-state index >= 15 is 0 Å². The van der Waals surface area contributed by atoms with Gasteiger partial charge in [-0.05, 0) is 31.5 Å². The number of esters is 1. The molecule has 0 fully saturated rings. The van der Waals surface area contributed by atoms with Crippen LogP contribution in [0.3, 0.4) is 0 Å². The molecular formula is C12H17NO3. The van der Waals surface area contributed by atoms with E-state index in [0.717, 1.165) is 6.42 Å². The molecule has 0 saturated carbocycles. The van der Waals surface area contributed by atoms with Crippen LogP contribution in [0.25, 0.3) is 0 Å². The Morgan fingerprint density at radius 1 is 1.50 bits per heavy atom. The zero-order valence-corrected chi connectivity index (χ0v) is 9.82. The number of nitrogens with two attached hydrogens (primary N) is 1. The molecule has 1 atom stereocenters. The molecule has 1 rings (SSSR count). The molecule has 4 nitrogen and oxygen atoms in total. The molecule has 2 N–H and O–H groups in total. The third-order valence-electron chi connectivity index (χ3n) is 2.31. The van der Waals surface area contributed by atoms with Crippen LogP contribution in [-0.2, 0) is 4.74 Å². The van der Waals surface area contributed by atoms with Crippen LogP contribution in [0.15, 0.2) is 18.2 Å². The molecule has 1 aromatic rings. The molecule has 0 saturated heterocycles. The van der Waals surface area contributed by atoms with Gasteiger partial charge in [0.2, 0.25) is 0 Å². The smallest absolute Gasteiger partial charge is 0.341 e. The lowest BCUT2D eigenvalue weighted by atomic mass is 10.1. The number of hydrogen-bond acceptors (Lipinski definition) is 4. The van der Waals surface area contributed by atoms with E-state index in [4.69, 9.17) is 10.5 Å². The molecule has 0 aliphatic rings. The monoisotopic (exact) mass is 223 g/mol. The van der Waals surface area contributed by atoms with E-state index in [1.165, 1.54) is 7.11 Å². The van der Waals surface area contributed by atoms with Crippen LogP contribution in [0, 0.1) is 0 Å². The summed E-state index contributed by atoms with van der Waals surface area (Å²) < 4.78 is 10.3. The zero-order valence-electron chi connectivity index (χ0n) is 9.82. The van der Waals surface area contributed by atoms with E-state index in [0.29, 0.717) is 17.0 Å². The second-order valence-corrected chi connectivity index (χ2v) is 3.58. The first-order valence-corrected chi connectivity index (χ1v) is 5.23. The Balaban J connectivity index is 3.02. The predicted molar refractivity (Wildman–Crippen MR) is 62.6 cm³/mol. The fourth-order valence-corrected chi connectivity index (χ4v) is 1.22. The summed E-state index contributed by atoms with van der Waals surface area (Å²) in [7, 11) is 1.33. The summed E-state index contributed by atoms with van der Waals surface area (Å²) in [5, 5.41) is 0. The van der Waals surface area contributed by atoms with E-state index < -0.39 is 5.97 Å². The highest BCUT2D eigenvalue weighted by atomic mass is 16.5. The summed E-state index contributed by atoms with van der Waals surface area (Å²) in [6, 6.07) is 4.95. The number of nitrogen functional groups attached to an aromatic ring is 1. The Kier molecular flexibility index (Phi) is 4.17. The minimum atomic E-state index is -0.439. The zero-order chi connectivity index (χ0) is 12.1. The van der Waals surface area contributed by atoms with Crippen LogP contribution in [0.1, 0.15) is 30.6 Å². The summed E-state index contributed by atoms with van der Waals surface area (Å²) in [6.07, 6.45) is 0.914. The Labute approximate surface area is 95.3 Å². The van der Waals surface area contributed by atoms with Gasteiger partial charge >= 0.3 is 5.97 Å². The van der Waals surface area contributed by atoms with Crippen LogP contribution in [-0.4, -0.2) is 19.2 Å². The van der Waals surface area contributed by atoms with E-state index in [1.807, 2.05) is 13.8 Å². The molecule has 0 aliphatic heterocycles. The molecule has 0 aromatic heterocycles. The van der Waals surface area contributed by atoms with Gasteiger partial charge in [0.05, 0.1) is 13.2 Å². The predicted octanol–water partition coefficient (Wildman–Crippen LogP) is 2.23. The number of rotatable bonds is 4. The van der Waals surface area contributed by atoms with E-state index in [1.54, 1.807) is 18.2 Å². The van der Waals surface area contributed by atoms with E-state index in [-0.39, 0.29) is 6.10 Å². The molecule has 0 bridgehead atoms. The normalized spacial score (nSPS) is 11.9. The second kappa shape index (κ2) is 5.39. The van der Waals surface area contributed by atoms with Crippen molar-refractivity contribution < 1.29 is 14.3 Å². The summed E-state index contributed by atoms with van der Waals surface area (Å²) in [5.41, 5.74) is 6.49. The van der Waals surface area contributed by atoms with Crippen LogP contribution in [0.4, 0.5) is 5.69 Å². The largest absolute Gasteiger partial charge is 0.490 e. The van der Waals surface area contributed by atoms with Crippen molar-refractivity contribution in [1.29, 1.82) is 0 Å². The molecule has 0 aliphatic carbocycles. The third-order valence-corrected chi connectivity index (χ3v) is 2.31. The van der Waals surface area contributed by atoms with Crippen LogP contribution >= 0.6 is 0 Å². The van der Waals surface area contributed by atoms with Gasteiger partial charge in [-0.25, -0.2) is 4.79 Å². The number of anilines is 1. The molecule has 1 aromatic carbocycles. The maximum absolute atomic E-state index is 11.5. The van der Waals surface area contributed by atoms with Crippen molar-refractivity contribution in [3.8, 4) is 5.75 Å². The molecule has 4 heteroatoms. The van der Waals surface area contributed by atoms with E-state index in [2.05, 4.69) is 4.74 Å². The molecule has 88 valence electrons. The lowest BCUT2D eigenvalue weighted by Crippen LogP contribution is -2.13. The molecule has 0 spiro atoms. The van der Waals surface area contributed by atoms with Gasteiger partial charge in [0.25, 0.3) is 0 Å². The van der Waals surface area contributed by atoms with Crippen molar-refractivity contribution in [2.45, 2.75) is 26.4 Å². The summed E-state index contributed by atoms with van der Waals surface area (Å²) >= 11 is 0. The van der Waals surface area contributed by atoms with Crippen molar-refractivity contribution >= 4 is 11.7 Å².